The first-order valence-electron chi connectivity index (χ1n) is 6.73. The maximum absolute atomic E-state index is 11.5. The normalized spacial score (nSPS) is 19.4. The number of amides is 1. The highest BCUT2D eigenvalue weighted by atomic mass is 16.4. The van der Waals surface area contributed by atoms with Gasteiger partial charge in [0, 0.05) is 6.42 Å². The van der Waals surface area contributed by atoms with Crippen LogP contribution in [0.25, 0.3) is 0 Å². The maximum Gasteiger partial charge on any atom is 0.325 e. The molecule has 1 amide bonds. The van der Waals surface area contributed by atoms with Crippen LogP contribution in [-0.4, -0.2) is 47.6 Å². The Balaban J connectivity index is 2.10. The number of carboxylic acids is 1. The predicted octanol–water partition coefficient (Wildman–Crippen LogP) is 1.09. The van der Waals surface area contributed by atoms with E-state index in [0.29, 0.717) is 6.42 Å². The highest BCUT2D eigenvalue weighted by Gasteiger charge is 2.16. The first-order valence-corrected chi connectivity index (χ1v) is 6.73. The molecule has 5 heteroatoms. The van der Waals surface area contributed by atoms with Gasteiger partial charge in [0.25, 0.3) is 0 Å². The summed E-state index contributed by atoms with van der Waals surface area (Å²) in [6.45, 7) is 6.93. The van der Waals surface area contributed by atoms with E-state index in [1.165, 1.54) is 19.8 Å². The van der Waals surface area contributed by atoms with Crippen LogP contribution < -0.4 is 5.32 Å². The molecule has 2 N–H and O–H groups in total. The van der Waals surface area contributed by atoms with Crippen LogP contribution >= 0.6 is 0 Å². The molecule has 0 aromatic heterocycles. The molecule has 1 heterocycles. The van der Waals surface area contributed by atoms with Gasteiger partial charge in [-0.25, -0.2) is 0 Å². The number of hydrogen-bond acceptors (Lipinski definition) is 3. The Kier molecular flexibility index (Phi) is 6.12. The fourth-order valence-electron chi connectivity index (χ4n) is 2.12. The van der Waals surface area contributed by atoms with Crippen LogP contribution in [0.4, 0.5) is 0 Å². The van der Waals surface area contributed by atoms with Crippen LogP contribution in [0.5, 0.6) is 0 Å². The van der Waals surface area contributed by atoms with E-state index in [1.54, 1.807) is 0 Å². The molecule has 104 valence electrons. The van der Waals surface area contributed by atoms with E-state index in [2.05, 4.69) is 17.1 Å². The molecule has 0 aromatic rings. The standard InChI is InChI=1S/C13H24N2O3/c1-10-5-8-15(9-6-10)7-3-4-12(16)14-11(2)13(17)18/h10-11H,3-9H2,1-2H3,(H,14,16)(H,17,18). The van der Waals surface area contributed by atoms with Crippen LogP contribution in [0.2, 0.25) is 0 Å². The molecule has 1 aliphatic rings. The lowest BCUT2D eigenvalue weighted by molar-refractivity contribution is -0.141. The molecule has 1 aliphatic heterocycles. The van der Waals surface area contributed by atoms with Gasteiger partial charge in [-0.15, -0.1) is 0 Å². The van der Waals surface area contributed by atoms with Gasteiger partial charge >= 0.3 is 5.97 Å². The van der Waals surface area contributed by atoms with Crippen molar-refractivity contribution in [2.45, 2.75) is 45.6 Å². The molecular weight excluding hydrogens is 232 g/mol. The number of rotatable bonds is 6. The van der Waals surface area contributed by atoms with Crippen molar-refractivity contribution in [3.05, 3.63) is 0 Å². The fraction of sp³-hybridized carbons (Fsp3) is 0.846. The summed E-state index contributed by atoms with van der Waals surface area (Å²) in [4.78, 5) is 24.4. The van der Waals surface area contributed by atoms with E-state index in [0.717, 1.165) is 32.0 Å². The van der Waals surface area contributed by atoms with Crippen LogP contribution in [0.3, 0.4) is 0 Å². The molecule has 18 heavy (non-hydrogen) atoms. The van der Waals surface area contributed by atoms with Crippen LogP contribution in [0.15, 0.2) is 0 Å². The van der Waals surface area contributed by atoms with Gasteiger partial charge in [-0.05, 0) is 51.7 Å². The fourth-order valence-corrected chi connectivity index (χ4v) is 2.12. The Labute approximate surface area is 109 Å². The monoisotopic (exact) mass is 256 g/mol. The Morgan fingerprint density at radius 2 is 2.00 bits per heavy atom. The molecule has 0 aromatic carbocycles. The van der Waals surface area contributed by atoms with Gasteiger partial charge in [0.1, 0.15) is 6.04 Å². The summed E-state index contributed by atoms with van der Waals surface area (Å²) >= 11 is 0. The minimum Gasteiger partial charge on any atom is -0.480 e. The SMILES string of the molecule is CC1CCN(CCCC(=O)NC(C)C(=O)O)CC1. The summed E-state index contributed by atoms with van der Waals surface area (Å²) in [6.07, 6.45) is 3.68. The van der Waals surface area contributed by atoms with E-state index >= 15 is 0 Å². The van der Waals surface area contributed by atoms with Gasteiger partial charge in [0.2, 0.25) is 5.91 Å². The number of carbonyl (C=O) groups excluding carboxylic acids is 1. The number of nitrogens with one attached hydrogen (secondary N) is 1. The second-order valence-electron chi connectivity index (χ2n) is 5.26. The predicted molar refractivity (Wildman–Crippen MR) is 69.3 cm³/mol. The van der Waals surface area contributed by atoms with E-state index < -0.39 is 12.0 Å². The molecule has 0 saturated carbocycles. The second-order valence-corrected chi connectivity index (χ2v) is 5.26. The van der Waals surface area contributed by atoms with E-state index in [-0.39, 0.29) is 5.91 Å². The molecule has 0 aliphatic carbocycles. The van der Waals surface area contributed by atoms with E-state index in [4.69, 9.17) is 5.11 Å². The molecule has 1 unspecified atom stereocenters. The zero-order valence-corrected chi connectivity index (χ0v) is 11.3. The second kappa shape index (κ2) is 7.36. The Morgan fingerprint density at radius 1 is 1.39 bits per heavy atom. The van der Waals surface area contributed by atoms with Crippen molar-refractivity contribution in [1.82, 2.24) is 10.2 Å². The Morgan fingerprint density at radius 3 is 2.56 bits per heavy atom. The van der Waals surface area contributed by atoms with Crippen molar-refractivity contribution >= 4 is 11.9 Å². The summed E-state index contributed by atoms with van der Waals surface area (Å²) in [5.41, 5.74) is 0. The van der Waals surface area contributed by atoms with Gasteiger partial charge in [-0.3, -0.25) is 9.59 Å². The zero-order valence-electron chi connectivity index (χ0n) is 11.3. The molecule has 0 radical (unpaired) electrons. The van der Waals surface area contributed by atoms with E-state index in [9.17, 15) is 9.59 Å². The minimum absolute atomic E-state index is 0.171. The van der Waals surface area contributed by atoms with Crippen molar-refractivity contribution in [2.24, 2.45) is 5.92 Å². The lowest BCUT2D eigenvalue weighted by atomic mass is 9.99. The Hall–Kier alpha value is -1.10. The highest BCUT2D eigenvalue weighted by Crippen LogP contribution is 2.16. The topological polar surface area (TPSA) is 69.6 Å². The van der Waals surface area contributed by atoms with E-state index in [1.807, 2.05) is 0 Å². The zero-order chi connectivity index (χ0) is 13.5. The van der Waals surface area contributed by atoms with Gasteiger partial charge in [0.05, 0.1) is 0 Å². The van der Waals surface area contributed by atoms with Crippen molar-refractivity contribution in [3.63, 3.8) is 0 Å². The molecule has 5 nitrogen and oxygen atoms in total. The van der Waals surface area contributed by atoms with Gasteiger partial charge in [-0.1, -0.05) is 6.92 Å². The van der Waals surface area contributed by atoms with Crippen molar-refractivity contribution in [1.29, 1.82) is 0 Å². The highest BCUT2D eigenvalue weighted by molar-refractivity contribution is 5.83. The van der Waals surface area contributed by atoms with Crippen LogP contribution in [0.1, 0.15) is 39.5 Å². The third kappa shape index (κ3) is 5.49. The molecule has 1 atom stereocenters. The van der Waals surface area contributed by atoms with Crippen LogP contribution in [-0.2, 0) is 9.59 Å². The number of carboxylic acid groups (broad SMARTS) is 1. The largest absolute Gasteiger partial charge is 0.480 e. The summed E-state index contributed by atoms with van der Waals surface area (Å²) in [6, 6.07) is -0.798. The number of aliphatic carboxylic acids is 1. The van der Waals surface area contributed by atoms with Gasteiger partial charge in [0.15, 0.2) is 0 Å². The quantitative estimate of drug-likeness (QED) is 0.746. The number of likely N-dealkylation sites (tertiary alicyclic amines) is 1. The summed E-state index contributed by atoms with van der Waals surface area (Å²) in [7, 11) is 0. The summed E-state index contributed by atoms with van der Waals surface area (Å²) in [5.74, 6) is -0.343. The lowest BCUT2D eigenvalue weighted by Gasteiger charge is -2.30. The number of piperidine rings is 1. The van der Waals surface area contributed by atoms with Gasteiger partial charge < -0.3 is 15.3 Å². The summed E-state index contributed by atoms with van der Waals surface area (Å²) in [5, 5.41) is 11.1. The smallest absolute Gasteiger partial charge is 0.325 e. The molecule has 1 fully saturated rings. The molecule has 0 bridgehead atoms. The van der Waals surface area contributed by atoms with Crippen molar-refractivity contribution in [3.8, 4) is 0 Å². The molecule has 0 spiro atoms. The third-order valence-corrected chi connectivity index (χ3v) is 3.50. The first kappa shape index (κ1) is 15.0. The summed E-state index contributed by atoms with van der Waals surface area (Å²) < 4.78 is 0. The third-order valence-electron chi connectivity index (χ3n) is 3.50. The van der Waals surface area contributed by atoms with Gasteiger partial charge in [-0.2, -0.15) is 0 Å². The Bertz CT molecular complexity index is 286. The maximum atomic E-state index is 11.5. The van der Waals surface area contributed by atoms with Crippen LogP contribution in [0, 0.1) is 5.92 Å². The van der Waals surface area contributed by atoms with Crippen molar-refractivity contribution in [2.75, 3.05) is 19.6 Å². The molecule has 1 rings (SSSR count). The number of carbonyl (C=O) groups is 2. The molecular formula is C13H24N2O3. The van der Waals surface area contributed by atoms with Crippen molar-refractivity contribution < 1.29 is 14.7 Å². The number of nitrogens with zero attached hydrogens (tertiary/aromatic N) is 1. The molecule has 1 saturated heterocycles. The average Bonchev–Trinajstić information content (AvgIpc) is 2.31. The first-order chi connectivity index (χ1) is 8.49. The average molecular weight is 256 g/mol. The minimum atomic E-state index is -0.992. The lowest BCUT2D eigenvalue weighted by Crippen LogP contribution is -2.39. The number of hydrogen-bond donors (Lipinski definition) is 2.